The molecule has 1 aliphatic carbocycles. The average Bonchev–Trinajstić information content (AvgIpc) is 3.72. The molecule has 1 saturated heterocycles. The van der Waals surface area contributed by atoms with Gasteiger partial charge in [-0.25, -0.2) is 4.98 Å². The molecule has 36 heavy (non-hydrogen) atoms. The molecule has 0 bridgehead atoms. The molecule has 4 rings (SSSR count). The fourth-order valence-corrected chi connectivity index (χ4v) is 4.75. The maximum Gasteiger partial charge on any atom is 0.225 e. The van der Waals surface area contributed by atoms with Crippen molar-refractivity contribution in [2.24, 2.45) is 0 Å². The molecule has 0 N–H and O–H groups in total. The van der Waals surface area contributed by atoms with Crippen molar-refractivity contribution in [1.82, 2.24) is 9.88 Å². The van der Waals surface area contributed by atoms with E-state index in [0.29, 0.717) is 50.0 Å². The normalized spacial score (nSPS) is 17.6. The first-order chi connectivity index (χ1) is 17.3. The summed E-state index contributed by atoms with van der Waals surface area (Å²) in [6.07, 6.45) is 2.52. The van der Waals surface area contributed by atoms with Crippen molar-refractivity contribution >= 4 is 23.3 Å². The topological polar surface area (TPSA) is 104 Å². The molecule has 2 heterocycles. The molecule has 0 spiro atoms. The Labute approximate surface area is 211 Å². The van der Waals surface area contributed by atoms with Crippen molar-refractivity contribution in [3.05, 3.63) is 47.2 Å². The Morgan fingerprint density at radius 2 is 1.97 bits per heavy atom. The molecular weight excluding hydrogens is 456 g/mol. The number of piperazine rings is 1. The van der Waals surface area contributed by atoms with Gasteiger partial charge in [0.25, 0.3) is 0 Å². The smallest absolute Gasteiger partial charge is 0.225 e. The van der Waals surface area contributed by atoms with Crippen molar-refractivity contribution in [3.8, 4) is 17.2 Å². The predicted molar refractivity (Wildman–Crippen MR) is 136 cm³/mol. The molecule has 1 amide bonds. The van der Waals surface area contributed by atoms with Crippen LogP contribution in [-0.2, 0) is 25.5 Å². The Hall–Kier alpha value is -3.57. The minimum Gasteiger partial charge on any atom is -0.384 e. The van der Waals surface area contributed by atoms with Gasteiger partial charge in [0.1, 0.15) is 11.9 Å². The SMILES string of the molecule is COCCC(=O)N1CCN(c2nc(C3CC3)c(-c3cccc(CC(=O)C(C)=O)c3)cc2C#N)C[C@H]1C. The van der Waals surface area contributed by atoms with Crippen LogP contribution in [0.3, 0.4) is 0 Å². The van der Waals surface area contributed by atoms with E-state index in [9.17, 15) is 19.6 Å². The second-order valence-corrected chi connectivity index (χ2v) is 9.66. The van der Waals surface area contributed by atoms with Crippen molar-refractivity contribution < 1.29 is 19.1 Å². The predicted octanol–water partition coefficient (Wildman–Crippen LogP) is 3.27. The van der Waals surface area contributed by atoms with Crippen molar-refractivity contribution in [1.29, 1.82) is 5.26 Å². The maximum absolute atomic E-state index is 12.5. The van der Waals surface area contributed by atoms with E-state index in [1.165, 1.54) is 6.92 Å². The Morgan fingerprint density at radius 3 is 2.61 bits per heavy atom. The Bertz CT molecular complexity index is 1210. The zero-order chi connectivity index (χ0) is 25.8. The molecule has 1 aliphatic heterocycles. The van der Waals surface area contributed by atoms with E-state index in [1.54, 1.807) is 7.11 Å². The zero-order valence-electron chi connectivity index (χ0n) is 21.1. The van der Waals surface area contributed by atoms with Gasteiger partial charge in [-0.2, -0.15) is 5.26 Å². The van der Waals surface area contributed by atoms with Gasteiger partial charge in [-0.15, -0.1) is 0 Å². The molecule has 1 saturated carbocycles. The number of carbonyl (C=O) groups excluding carboxylic acids is 3. The van der Waals surface area contributed by atoms with Gasteiger partial charge < -0.3 is 14.5 Å². The highest BCUT2D eigenvalue weighted by molar-refractivity contribution is 6.36. The summed E-state index contributed by atoms with van der Waals surface area (Å²) >= 11 is 0. The summed E-state index contributed by atoms with van der Waals surface area (Å²) in [6.45, 7) is 5.50. The minimum absolute atomic E-state index is 0.00371. The summed E-state index contributed by atoms with van der Waals surface area (Å²) in [7, 11) is 1.59. The summed E-state index contributed by atoms with van der Waals surface area (Å²) in [5.41, 5.74) is 4.01. The van der Waals surface area contributed by atoms with Crippen LogP contribution in [0.4, 0.5) is 5.82 Å². The molecule has 1 atom stereocenters. The standard InChI is InChI=1S/C28H32N4O4/c1-18-17-31(10-11-32(18)26(35)9-12-36-3)28-23(16-29)15-24(27(30-28)21-7-8-21)22-6-4-5-20(13-22)14-25(34)19(2)33/h4-6,13,15,18,21H,7-12,14,17H2,1-3H3/t18-/m1/s1. The second-order valence-electron chi connectivity index (χ2n) is 9.66. The molecule has 2 fully saturated rings. The number of rotatable bonds is 9. The van der Waals surface area contributed by atoms with Crippen LogP contribution in [0, 0.1) is 11.3 Å². The fraction of sp³-hybridized carbons (Fsp3) is 0.464. The highest BCUT2D eigenvalue weighted by Crippen LogP contribution is 2.45. The van der Waals surface area contributed by atoms with Crippen LogP contribution in [0.1, 0.15) is 55.8 Å². The third kappa shape index (κ3) is 5.63. The first-order valence-corrected chi connectivity index (χ1v) is 12.4. The molecule has 1 aromatic carbocycles. The van der Waals surface area contributed by atoms with Crippen LogP contribution in [0.5, 0.6) is 0 Å². The van der Waals surface area contributed by atoms with Gasteiger partial charge >= 0.3 is 0 Å². The van der Waals surface area contributed by atoms with Gasteiger partial charge in [-0.1, -0.05) is 24.3 Å². The maximum atomic E-state index is 12.5. The van der Waals surface area contributed by atoms with Gasteiger partial charge in [0.05, 0.1) is 24.3 Å². The average molecular weight is 489 g/mol. The van der Waals surface area contributed by atoms with E-state index >= 15 is 0 Å². The number of amides is 1. The largest absolute Gasteiger partial charge is 0.384 e. The summed E-state index contributed by atoms with van der Waals surface area (Å²) in [5, 5.41) is 10.0. The van der Waals surface area contributed by atoms with Crippen LogP contribution >= 0.6 is 0 Å². The first kappa shape index (κ1) is 25.5. The van der Waals surface area contributed by atoms with Crippen LogP contribution in [-0.4, -0.2) is 66.8 Å². The molecule has 8 nitrogen and oxygen atoms in total. The van der Waals surface area contributed by atoms with E-state index in [0.717, 1.165) is 35.2 Å². The number of Topliss-reactive ketones (excluding diaryl/α,β-unsaturated/α-hetero) is 2. The highest BCUT2D eigenvalue weighted by atomic mass is 16.5. The lowest BCUT2D eigenvalue weighted by atomic mass is 9.96. The molecule has 8 heteroatoms. The van der Waals surface area contributed by atoms with Crippen LogP contribution in [0.15, 0.2) is 30.3 Å². The third-order valence-corrected chi connectivity index (χ3v) is 6.88. The molecule has 2 aliphatic rings. The number of hydrogen-bond acceptors (Lipinski definition) is 7. The van der Waals surface area contributed by atoms with Gasteiger partial charge in [-0.3, -0.25) is 14.4 Å². The minimum atomic E-state index is -0.452. The summed E-state index contributed by atoms with van der Waals surface area (Å²) in [5.74, 6) is 0.209. The monoisotopic (exact) mass is 488 g/mol. The van der Waals surface area contributed by atoms with E-state index in [2.05, 4.69) is 11.0 Å². The third-order valence-electron chi connectivity index (χ3n) is 6.88. The van der Waals surface area contributed by atoms with Crippen LogP contribution < -0.4 is 4.90 Å². The lowest BCUT2D eigenvalue weighted by Gasteiger charge is -2.41. The number of pyridine rings is 1. The number of aromatic nitrogens is 1. The number of nitriles is 1. The number of benzene rings is 1. The fourth-order valence-electron chi connectivity index (χ4n) is 4.75. The zero-order valence-corrected chi connectivity index (χ0v) is 21.1. The van der Waals surface area contributed by atoms with Crippen LogP contribution in [0.2, 0.25) is 0 Å². The number of hydrogen-bond donors (Lipinski definition) is 0. The van der Waals surface area contributed by atoms with Gasteiger partial charge in [-0.05, 0) is 37.0 Å². The lowest BCUT2D eigenvalue weighted by molar-refractivity contribution is -0.134. The lowest BCUT2D eigenvalue weighted by Crippen LogP contribution is -2.54. The van der Waals surface area contributed by atoms with E-state index < -0.39 is 11.6 Å². The van der Waals surface area contributed by atoms with Crippen LogP contribution in [0.25, 0.3) is 11.1 Å². The Kier molecular flexibility index (Phi) is 7.80. The number of ketones is 2. The number of anilines is 1. The van der Waals surface area contributed by atoms with E-state index in [-0.39, 0.29) is 18.4 Å². The number of ether oxygens (including phenoxy) is 1. The van der Waals surface area contributed by atoms with E-state index in [4.69, 9.17) is 9.72 Å². The van der Waals surface area contributed by atoms with Crippen molar-refractivity contribution in [3.63, 3.8) is 0 Å². The highest BCUT2D eigenvalue weighted by Gasteiger charge is 2.33. The second kappa shape index (κ2) is 11.0. The number of methoxy groups -OCH3 is 1. The Morgan fingerprint density at radius 1 is 1.19 bits per heavy atom. The number of carbonyl (C=O) groups is 3. The summed E-state index contributed by atoms with van der Waals surface area (Å²) in [4.78, 5) is 45.0. The molecule has 188 valence electrons. The molecule has 0 unspecified atom stereocenters. The molecule has 1 aromatic heterocycles. The van der Waals surface area contributed by atoms with Crippen molar-refractivity contribution in [2.75, 3.05) is 38.3 Å². The Balaban J connectivity index is 1.63. The van der Waals surface area contributed by atoms with Gasteiger partial charge in [0, 0.05) is 57.6 Å². The summed E-state index contributed by atoms with van der Waals surface area (Å²) < 4.78 is 5.05. The van der Waals surface area contributed by atoms with Gasteiger partial charge in [0.2, 0.25) is 11.7 Å². The summed E-state index contributed by atoms with van der Waals surface area (Å²) in [6, 6.07) is 11.8. The molecule has 0 radical (unpaired) electrons. The molecule has 2 aromatic rings. The van der Waals surface area contributed by atoms with Crippen molar-refractivity contribution in [2.45, 2.75) is 51.5 Å². The first-order valence-electron chi connectivity index (χ1n) is 12.4. The van der Waals surface area contributed by atoms with E-state index in [1.807, 2.05) is 42.2 Å². The molecular formula is C28H32N4O4. The number of nitrogens with zero attached hydrogens (tertiary/aromatic N) is 4. The van der Waals surface area contributed by atoms with Gasteiger partial charge in [0.15, 0.2) is 5.78 Å². The quantitative estimate of drug-likeness (QED) is 0.499.